The van der Waals surface area contributed by atoms with Gasteiger partial charge in [0.05, 0.1) is 6.61 Å². The van der Waals surface area contributed by atoms with Gasteiger partial charge in [0.15, 0.2) is 0 Å². The highest BCUT2D eigenvalue weighted by atomic mass is 16.5. The standard InChI is InChI=1S/C17H20O3/c1-6-20-13-8-10(4)15-12(14(13)9(2)3)7-11(5)16(18)17(15)19/h7-9H,6H2,1-5H3. The Balaban J connectivity index is 2.82. The summed E-state index contributed by atoms with van der Waals surface area (Å²) < 4.78 is 5.72. The van der Waals surface area contributed by atoms with E-state index in [1.165, 1.54) is 0 Å². The molecular formula is C17H20O3. The van der Waals surface area contributed by atoms with Crippen molar-refractivity contribution in [3.05, 3.63) is 33.9 Å². The Hall–Kier alpha value is -1.90. The van der Waals surface area contributed by atoms with Gasteiger partial charge < -0.3 is 4.74 Å². The Bertz CT molecular complexity index is 622. The van der Waals surface area contributed by atoms with E-state index >= 15 is 0 Å². The topological polar surface area (TPSA) is 43.4 Å². The molecule has 0 unspecified atom stereocenters. The molecule has 0 aromatic heterocycles. The molecule has 3 heteroatoms. The third kappa shape index (κ3) is 2.17. The molecule has 1 aromatic carbocycles. The van der Waals surface area contributed by atoms with Crippen LogP contribution in [0.25, 0.3) is 6.08 Å². The molecule has 0 fully saturated rings. The highest BCUT2D eigenvalue weighted by Gasteiger charge is 2.30. The number of carbonyl (C=O) groups excluding carboxylic acids is 2. The molecule has 0 aliphatic heterocycles. The quantitative estimate of drug-likeness (QED) is 0.788. The molecule has 0 bridgehead atoms. The fourth-order valence-corrected chi connectivity index (χ4v) is 2.72. The Morgan fingerprint density at radius 2 is 1.80 bits per heavy atom. The lowest BCUT2D eigenvalue weighted by molar-refractivity contribution is -0.111. The van der Waals surface area contributed by atoms with Crippen LogP contribution in [-0.4, -0.2) is 18.2 Å². The molecule has 3 nitrogen and oxygen atoms in total. The van der Waals surface area contributed by atoms with E-state index in [-0.39, 0.29) is 5.92 Å². The Labute approximate surface area is 119 Å². The number of allylic oxidation sites excluding steroid dienone is 1. The van der Waals surface area contributed by atoms with Crippen LogP contribution in [0.15, 0.2) is 11.6 Å². The highest BCUT2D eigenvalue weighted by Crippen LogP contribution is 2.38. The van der Waals surface area contributed by atoms with Gasteiger partial charge in [-0.3, -0.25) is 9.59 Å². The molecule has 1 aliphatic rings. The maximum Gasteiger partial charge on any atom is 0.234 e. The lowest BCUT2D eigenvalue weighted by Gasteiger charge is -2.23. The van der Waals surface area contributed by atoms with Gasteiger partial charge in [0.1, 0.15) is 5.75 Å². The molecule has 0 saturated carbocycles. The second-order valence-corrected chi connectivity index (χ2v) is 5.47. The number of hydrogen-bond acceptors (Lipinski definition) is 3. The van der Waals surface area contributed by atoms with E-state index in [0.717, 1.165) is 22.4 Å². The molecular weight excluding hydrogens is 252 g/mol. The van der Waals surface area contributed by atoms with Crippen molar-refractivity contribution in [1.29, 1.82) is 0 Å². The predicted molar refractivity (Wildman–Crippen MR) is 79.4 cm³/mol. The van der Waals surface area contributed by atoms with E-state index in [4.69, 9.17) is 4.74 Å². The number of Topliss-reactive ketones (excluding diaryl/α,β-unsaturated/α-hetero) is 2. The van der Waals surface area contributed by atoms with Gasteiger partial charge in [0.25, 0.3) is 0 Å². The average Bonchev–Trinajstić information content (AvgIpc) is 2.35. The van der Waals surface area contributed by atoms with E-state index < -0.39 is 11.6 Å². The first-order valence-corrected chi connectivity index (χ1v) is 6.96. The number of carbonyl (C=O) groups is 2. The van der Waals surface area contributed by atoms with Crippen LogP contribution < -0.4 is 4.74 Å². The van der Waals surface area contributed by atoms with Crippen molar-refractivity contribution < 1.29 is 14.3 Å². The van der Waals surface area contributed by atoms with Gasteiger partial charge in [-0.2, -0.15) is 0 Å². The minimum atomic E-state index is -0.403. The molecule has 2 rings (SSSR count). The first-order valence-electron chi connectivity index (χ1n) is 6.96. The van der Waals surface area contributed by atoms with Crippen molar-refractivity contribution >= 4 is 17.6 Å². The Kier molecular flexibility index (Phi) is 3.80. The lowest BCUT2D eigenvalue weighted by Crippen LogP contribution is -2.23. The molecule has 0 amide bonds. The van der Waals surface area contributed by atoms with Gasteiger partial charge in [-0.25, -0.2) is 0 Å². The summed E-state index contributed by atoms with van der Waals surface area (Å²) in [6.45, 7) is 10.2. The van der Waals surface area contributed by atoms with Crippen LogP contribution in [-0.2, 0) is 4.79 Å². The summed E-state index contributed by atoms with van der Waals surface area (Å²) >= 11 is 0. The molecule has 0 heterocycles. The summed E-state index contributed by atoms with van der Waals surface area (Å²) in [5.41, 5.74) is 3.69. The molecule has 0 saturated heterocycles. The van der Waals surface area contributed by atoms with Crippen molar-refractivity contribution in [2.24, 2.45) is 0 Å². The SMILES string of the molecule is CCOc1cc(C)c2c(c1C(C)C)C=C(C)C(=O)C2=O. The van der Waals surface area contributed by atoms with Crippen molar-refractivity contribution in [3.63, 3.8) is 0 Å². The van der Waals surface area contributed by atoms with Crippen LogP contribution in [0.4, 0.5) is 0 Å². The van der Waals surface area contributed by atoms with E-state index in [0.29, 0.717) is 17.7 Å². The van der Waals surface area contributed by atoms with Crippen molar-refractivity contribution in [1.82, 2.24) is 0 Å². The number of fused-ring (bicyclic) bond motifs is 1. The number of rotatable bonds is 3. The highest BCUT2D eigenvalue weighted by molar-refractivity contribution is 6.52. The second kappa shape index (κ2) is 5.23. The summed E-state index contributed by atoms with van der Waals surface area (Å²) in [6.07, 6.45) is 1.82. The molecule has 0 radical (unpaired) electrons. The third-order valence-electron chi connectivity index (χ3n) is 3.60. The second-order valence-electron chi connectivity index (χ2n) is 5.47. The minimum Gasteiger partial charge on any atom is -0.494 e. The van der Waals surface area contributed by atoms with Gasteiger partial charge in [-0.05, 0) is 50.0 Å². The van der Waals surface area contributed by atoms with Crippen LogP contribution >= 0.6 is 0 Å². The van der Waals surface area contributed by atoms with Gasteiger partial charge in [-0.15, -0.1) is 0 Å². The van der Waals surface area contributed by atoms with Crippen LogP contribution in [0.5, 0.6) is 5.75 Å². The number of aryl methyl sites for hydroxylation is 1. The average molecular weight is 272 g/mol. The molecule has 20 heavy (non-hydrogen) atoms. The number of benzene rings is 1. The first kappa shape index (κ1) is 14.5. The monoisotopic (exact) mass is 272 g/mol. The summed E-state index contributed by atoms with van der Waals surface area (Å²) in [4.78, 5) is 24.1. The number of hydrogen-bond donors (Lipinski definition) is 0. The number of ketones is 2. The smallest absolute Gasteiger partial charge is 0.234 e. The van der Waals surface area contributed by atoms with Gasteiger partial charge >= 0.3 is 0 Å². The van der Waals surface area contributed by atoms with Gasteiger partial charge in [0, 0.05) is 16.7 Å². The van der Waals surface area contributed by atoms with E-state index in [1.807, 2.05) is 26.0 Å². The van der Waals surface area contributed by atoms with Gasteiger partial charge in [-0.1, -0.05) is 13.8 Å². The molecule has 1 aliphatic carbocycles. The molecule has 106 valence electrons. The summed E-state index contributed by atoms with van der Waals surface area (Å²) in [6, 6.07) is 1.87. The lowest BCUT2D eigenvalue weighted by atomic mass is 9.82. The zero-order chi connectivity index (χ0) is 15.0. The largest absolute Gasteiger partial charge is 0.494 e. The summed E-state index contributed by atoms with van der Waals surface area (Å²) in [7, 11) is 0. The fourth-order valence-electron chi connectivity index (χ4n) is 2.72. The van der Waals surface area contributed by atoms with Crippen molar-refractivity contribution in [2.45, 2.75) is 40.5 Å². The Morgan fingerprint density at radius 3 is 2.35 bits per heavy atom. The zero-order valence-corrected chi connectivity index (χ0v) is 12.7. The van der Waals surface area contributed by atoms with Crippen molar-refractivity contribution in [3.8, 4) is 5.75 Å². The fraction of sp³-hybridized carbons (Fsp3) is 0.412. The zero-order valence-electron chi connectivity index (χ0n) is 12.7. The first-order chi connectivity index (χ1) is 9.38. The maximum absolute atomic E-state index is 12.3. The van der Waals surface area contributed by atoms with Crippen LogP contribution in [0.1, 0.15) is 60.7 Å². The molecule has 0 spiro atoms. The van der Waals surface area contributed by atoms with E-state index in [1.54, 1.807) is 6.92 Å². The summed E-state index contributed by atoms with van der Waals surface area (Å²) in [5.74, 6) is 0.225. The Morgan fingerprint density at radius 1 is 1.15 bits per heavy atom. The van der Waals surface area contributed by atoms with Crippen LogP contribution in [0.2, 0.25) is 0 Å². The van der Waals surface area contributed by atoms with Crippen molar-refractivity contribution in [2.75, 3.05) is 6.61 Å². The molecule has 0 N–H and O–H groups in total. The van der Waals surface area contributed by atoms with Crippen LogP contribution in [0, 0.1) is 6.92 Å². The minimum absolute atomic E-state index is 0.218. The maximum atomic E-state index is 12.3. The van der Waals surface area contributed by atoms with E-state index in [9.17, 15) is 9.59 Å². The number of ether oxygens (including phenoxy) is 1. The predicted octanol–water partition coefficient (Wildman–Crippen LogP) is 3.69. The molecule has 1 aromatic rings. The molecule has 0 atom stereocenters. The van der Waals surface area contributed by atoms with Crippen LogP contribution in [0.3, 0.4) is 0 Å². The van der Waals surface area contributed by atoms with Gasteiger partial charge in [0.2, 0.25) is 11.6 Å². The summed E-state index contributed by atoms with van der Waals surface area (Å²) in [5, 5.41) is 0. The normalized spacial score (nSPS) is 14.4. The third-order valence-corrected chi connectivity index (χ3v) is 3.60. The van der Waals surface area contributed by atoms with E-state index in [2.05, 4.69) is 13.8 Å².